The highest BCUT2D eigenvalue weighted by Gasteiger charge is 2.42. The maximum Gasteiger partial charge on any atom is 0.238 e. The van der Waals surface area contributed by atoms with E-state index in [1.807, 2.05) is 0 Å². The van der Waals surface area contributed by atoms with Gasteiger partial charge in [0.05, 0.1) is 5.25 Å². The van der Waals surface area contributed by atoms with Gasteiger partial charge in [-0.05, 0) is 25.8 Å². The van der Waals surface area contributed by atoms with E-state index >= 15 is 0 Å². The lowest BCUT2D eigenvalue weighted by atomic mass is 10.2. The molecular formula is C10H19N3O3S. The fraction of sp³-hybridized carbons (Fsp3) is 0.900. The molecule has 0 aromatic heterocycles. The van der Waals surface area contributed by atoms with Crippen molar-refractivity contribution in [2.75, 3.05) is 26.7 Å². The fourth-order valence-corrected chi connectivity index (χ4v) is 4.61. The predicted octanol–water partition coefficient (Wildman–Crippen LogP) is -1.11. The lowest BCUT2D eigenvalue weighted by Gasteiger charge is -2.25. The monoisotopic (exact) mass is 261 g/mol. The van der Waals surface area contributed by atoms with Gasteiger partial charge in [0.1, 0.15) is 6.04 Å². The van der Waals surface area contributed by atoms with E-state index in [1.54, 1.807) is 7.05 Å². The molecule has 2 aliphatic rings. The van der Waals surface area contributed by atoms with E-state index in [0.717, 1.165) is 13.0 Å². The van der Waals surface area contributed by atoms with E-state index in [0.29, 0.717) is 25.9 Å². The predicted molar refractivity (Wildman–Crippen MR) is 64.0 cm³/mol. The van der Waals surface area contributed by atoms with Crippen LogP contribution in [0.15, 0.2) is 0 Å². The van der Waals surface area contributed by atoms with E-state index in [1.165, 1.54) is 4.31 Å². The molecule has 2 fully saturated rings. The number of carbonyl (C=O) groups excluding carboxylic acids is 1. The lowest BCUT2D eigenvalue weighted by Crippen LogP contribution is -2.48. The minimum absolute atomic E-state index is 0.197. The normalized spacial score (nSPS) is 30.6. The Morgan fingerprint density at radius 1 is 1.41 bits per heavy atom. The number of nitrogens with one attached hydrogen (secondary N) is 2. The largest absolute Gasteiger partial charge is 0.358 e. The average Bonchev–Trinajstić information content (AvgIpc) is 2.98. The van der Waals surface area contributed by atoms with Gasteiger partial charge in [-0.3, -0.25) is 4.79 Å². The van der Waals surface area contributed by atoms with Crippen LogP contribution in [-0.4, -0.2) is 56.6 Å². The van der Waals surface area contributed by atoms with Crippen LogP contribution in [0.25, 0.3) is 0 Å². The van der Waals surface area contributed by atoms with Crippen LogP contribution in [0.1, 0.15) is 19.3 Å². The number of likely N-dealkylation sites (N-methyl/N-ethyl adjacent to an activating group) is 1. The van der Waals surface area contributed by atoms with Gasteiger partial charge in [0.2, 0.25) is 15.9 Å². The van der Waals surface area contributed by atoms with Crippen molar-refractivity contribution in [1.82, 2.24) is 14.9 Å². The molecule has 1 amide bonds. The zero-order valence-corrected chi connectivity index (χ0v) is 10.8. The first kappa shape index (κ1) is 12.8. The van der Waals surface area contributed by atoms with E-state index in [2.05, 4.69) is 10.6 Å². The Balaban J connectivity index is 2.17. The third kappa shape index (κ3) is 2.31. The van der Waals surface area contributed by atoms with Gasteiger partial charge in [-0.25, -0.2) is 8.42 Å². The summed E-state index contributed by atoms with van der Waals surface area (Å²) >= 11 is 0. The van der Waals surface area contributed by atoms with Gasteiger partial charge in [0, 0.05) is 20.1 Å². The molecule has 7 heteroatoms. The molecule has 2 atom stereocenters. The topological polar surface area (TPSA) is 78.5 Å². The zero-order valence-electron chi connectivity index (χ0n) is 9.98. The maximum atomic E-state index is 12.4. The van der Waals surface area contributed by atoms with Crippen LogP contribution in [0.4, 0.5) is 0 Å². The lowest BCUT2D eigenvalue weighted by molar-refractivity contribution is -0.123. The second-order valence-corrected chi connectivity index (χ2v) is 6.71. The van der Waals surface area contributed by atoms with Crippen molar-refractivity contribution in [1.29, 1.82) is 0 Å². The van der Waals surface area contributed by atoms with Gasteiger partial charge in [-0.15, -0.1) is 0 Å². The summed E-state index contributed by atoms with van der Waals surface area (Å²) in [5.41, 5.74) is 0. The molecule has 0 saturated carbocycles. The van der Waals surface area contributed by atoms with Crippen LogP contribution in [0, 0.1) is 0 Å². The smallest absolute Gasteiger partial charge is 0.238 e. The highest BCUT2D eigenvalue weighted by molar-refractivity contribution is 7.89. The minimum Gasteiger partial charge on any atom is -0.358 e. The molecule has 98 valence electrons. The Labute approximate surface area is 102 Å². The van der Waals surface area contributed by atoms with Gasteiger partial charge in [-0.2, -0.15) is 4.31 Å². The number of hydrogen-bond acceptors (Lipinski definition) is 4. The molecule has 0 aromatic rings. The molecule has 17 heavy (non-hydrogen) atoms. The SMILES string of the molecule is CNC(=O)C1CCCN1S(=O)(=O)C1CCNC1. The summed E-state index contributed by atoms with van der Waals surface area (Å²) in [5, 5.41) is 5.22. The Morgan fingerprint density at radius 2 is 2.18 bits per heavy atom. The van der Waals surface area contributed by atoms with Crippen LogP contribution in [-0.2, 0) is 14.8 Å². The summed E-state index contributed by atoms with van der Waals surface area (Å²) in [6, 6.07) is -0.509. The Kier molecular flexibility index (Phi) is 3.70. The second kappa shape index (κ2) is 4.91. The fourth-order valence-electron chi connectivity index (χ4n) is 2.55. The molecule has 2 N–H and O–H groups in total. The van der Waals surface area contributed by atoms with Gasteiger partial charge >= 0.3 is 0 Å². The number of rotatable bonds is 3. The molecule has 2 heterocycles. The highest BCUT2D eigenvalue weighted by Crippen LogP contribution is 2.25. The third-order valence-electron chi connectivity index (χ3n) is 3.52. The van der Waals surface area contributed by atoms with E-state index in [4.69, 9.17) is 0 Å². The summed E-state index contributed by atoms with van der Waals surface area (Å²) in [5.74, 6) is -0.197. The van der Waals surface area contributed by atoms with Gasteiger partial charge in [0.25, 0.3) is 0 Å². The Morgan fingerprint density at radius 3 is 2.76 bits per heavy atom. The van der Waals surface area contributed by atoms with Crippen LogP contribution < -0.4 is 10.6 Å². The first-order valence-corrected chi connectivity index (χ1v) is 7.50. The maximum absolute atomic E-state index is 12.4. The van der Waals surface area contributed by atoms with Gasteiger partial charge < -0.3 is 10.6 Å². The number of sulfonamides is 1. The standard InChI is InChI=1S/C10H19N3O3S/c1-11-10(14)9-3-2-6-13(9)17(15,16)8-4-5-12-7-8/h8-9,12H,2-7H2,1H3,(H,11,14). The summed E-state index contributed by atoms with van der Waals surface area (Å²) in [7, 11) is -1.79. The number of amides is 1. The third-order valence-corrected chi connectivity index (χ3v) is 5.85. The van der Waals surface area contributed by atoms with Crippen molar-refractivity contribution in [3.8, 4) is 0 Å². The van der Waals surface area contributed by atoms with Crippen LogP contribution in [0.2, 0.25) is 0 Å². The van der Waals surface area contributed by atoms with E-state index in [-0.39, 0.29) is 11.2 Å². The molecule has 0 spiro atoms. The molecule has 0 aliphatic carbocycles. The summed E-state index contributed by atoms with van der Waals surface area (Å²) in [6.07, 6.45) is 2.02. The van der Waals surface area contributed by atoms with Crippen molar-refractivity contribution < 1.29 is 13.2 Å². The summed E-state index contributed by atoms with van der Waals surface area (Å²) < 4.78 is 26.1. The Hall–Kier alpha value is -0.660. The first-order chi connectivity index (χ1) is 8.07. The van der Waals surface area contributed by atoms with Crippen molar-refractivity contribution in [3.05, 3.63) is 0 Å². The highest BCUT2D eigenvalue weighted by atomic mass is 32.2. The van der Waals surface area contributed by atoms with Crippen LogP contribution >= 0.6 is 0 Å². The second-order valence-electron chi connectivity index (χ2n) is 4.54. The molecule has 2 aliphatic heterocycles. The molecule has 0 radical (unpaired) electrons. The molecule has 0 aromatic carbocycles. The molecule has 2 rings (SSSR count). The van der Waals surface area contributed by atoms with Crippen LogP contribution in [0.5, 0.6) is 0 Å². The summed E-state index contributed by atoms with van der Waals surface area (Å²) in [6.45, 7) is 1.71. The molecule has 6 nitrogen and oxygen atoms in total. The molecular weight excluding hydrogens is 242 g/mol. The zero-order chi connectivity index (χ0) is 12.5. The molecule has 0 bridgehead atoms. The van der Waals surface area contributed by atoms with Crippen molar-refractivity contribution in [2.24, 2.45) is 0 Å². The van der Waals surface area contributed by atoms with E-state index < -0.39 is 16.1 Å². The molecule has 2 saturated heterocycles. The van der Waals surface area contributed by atoms with Crippen LogP contribution in [0.3, 0.4) is 0 Å². The quantitative estimate of drug-likeness (QED) is 0.675. The van der Waals surface area contributed by atoms with Crippen molar-refractivity contribution in [3.63, 3.8) is 0 Å². The Bertz CT molecular complexity index is 390. The number of carbonyl (C=O) groups is 1. The number of hydrogen-bond donors (Lipinski definition) is 2. The number of nitrogens with zero attached hydrogens (tertiary/aromatic N) is 1. The van der Waals surface area contributed by atoms with Gasteiger partial charge in [-0.1, -0.05) is 0 Å². The van der Waals surface area contributed by atoms with Crippen molar-refractivity contribution in [2.45, 2.75) is 30.6 Å². The first-order valence-electron chi connectivity index (χ1n) is 6.00. The van der Waals surface area contributed by atoms with Crippen molar-refractivity contribution >= 4 is 15.9 Å². The van der Waals surface area contributed by atoms with E-state index in [9.17, 15) is 13.2 Å². The van der Waals surface area contributed by atoms with Gasteiger partial charge in [0.15, 0.2) is 0 Å². The minimum atomic E-state index is -3.33. The summed E-state index contributed by atoms with van der Waals surface area (Å²) in [4.78, 5) is 11.7. The average molecular weight is 261 g/mol. The molecule has 2 unspecified atom stereocenters.